The molecule has 20 heavy (non-hydrogen) atoms. The summed E-state index contributed by atoms with van der Waals surface area (Å²) in [6, 6.07) is 0. The maximum Gasteiger partial charge on any atom is 0.395 e. The van der Waals surface area contributed by atoms with E-state index in [0.29, 0.717) is 11.4 Å². The Balaban J connectivity index is -0.000000277. The van der Waals surface area contributed by atoms with Crippen LogP contribution in [0.5, 0.6) is 0 Å². The van der Waals surface area contributed by atoms with Crippen LogP contribution in [0.25, 0.3) is 0 Å². The SMILES string of the molecule is CC(F)([CH-]I)C(F)(F)F.F[C-](C(F)(F)F)C(F)(F)F.[Hf]. The average Bonchev–Trinajstić information content (AvgIpc) is 2.13. The molecule has 0 aromatic heterocycles. The average molecular weight is 602 g/mol. The molecule has 0 rings (SSSR count). The Morgan fingerprint density at radius 3 is 1.05 bits per heavy atom. The van der Waals surface area contributed by atoms with E-state index in [1.165, 1.54) is 22.6 Å². The summed E-state index contributed by atoms with van der Waals surface area (Å²) in [6.07, 6.45) is -20.6. The maximum absolute atomic E-state index is 12.1. The van der Waals surface area contributed by atoms with Gasteiger partial charge in [0.25, 0.3) is 0 Å². The third-order valence-corrected chi connectivity index (χ3v) is 2.43. The number of hydrogen-bond acceptors (Lipinski definition) is 0. The normalized spacial score (nSPS) is 15.9. The monoisotopic (exact) mass is 604 g/mol. The van der Waals surface area contributed by atoms with Crippen molar-refractivity contribution in [1.82, 2.24) is 0 Å². The van der Waals surface area contributed by atoms with Crippen LogP contribution in [-0.2, 0) is 25.8 Å². The van der Waals surface area contributed by atoms with Crippen molar-refractivity contribution in [3.05, 3.63) is 10.6 Å². The topological polar surface area (TPSA) is 0 Å². The molecule has 0 spiro atoms. The summed E-state index contributed by atoms with van der Waals surface area (Å²) in [7, 11) is 0. The van der Waals surface area contributed by atoms with Gasteiger partial charge in [0, 0.05) is 32.0 Å². The number of halogens is 12. The van der Waals surface area contributed by atoms with Crippen LogP contribution >= 0.6 is 22.6 Å². The molecule has 0 aliphatic heterocycles. The van der Waals surface area contributed by atoms with Gasteiger partial charge in [-0.1, -0.05) is 6.92 Å². The van der Waals surface area contributed by atoms with Crippen LogP contribution in [0.15, 0.2) is 0 Å². The van der Waals surface area contributed by atoms with Gasteiger partial charge in [-0.2, -0.15) is 13.2 Å². The van der Waals surface area contributed by atoms with Crippen LogP contribution in [0, 0.1) is 10.6 Å². The standard InChI is InChI=1S/C4H4F4I.C3F7.Hf/c1-3(5,2-9)4(6,7)8;4-1(2(5,6)7)3(8,9)10;/h2H,1H3;;/q2*-1;. The predicted molar refractivity (Wildman–Crippen MR) is 50.3 cm³/mol. The van der Waals surface area contributed by atoms with Crippen LogP contribution in [0.4, 0.5) is 48.3 Å². The Bertz CT molecular complexity index is 251. The molecule has 0 aromatic rings. The molecule has 0 aliphatic rings. The van der Waals surface area contributed by atoms with E-state index in [4.69, 9.17) is 0 Å². The van der Waals surface area contributed by atoms with Crippen LogP contribution in [0.2, 0.25) is 0 Å². The van der Waals surface area contributed by atoms with Gasteiger partial charge in [-0.05, 0) is 0 Å². The summed E-state index contributed by atoms with van der Waals surface area (Å²) in [6.45, 7) is 0.472. The third-order valence-electron chi connectivity index (χ3n) is 1.26. The van der Waals surface area contributed by atoms with Crippen molar-refractivity contribution in [1.29, 1.82) is 0 Å². The molecule has 0 radical (unpaired) electrons. The summed E-state index contributed by atoms with van der Waals surface area (Å²) in [5, 5.41) is 0. The summed E-state index contributed by atoms with van der Waals surface area (Å²) in [5.74, 6) is 0. The van der Waals surface area contributed by atoms with Gasteiger partial charge in [0.1, 0.15) is 0 Å². The van der Waals surface area contributed by atoms with Crippen LogP contribution in [-0.4, -0.2) is 24.2 Å². The zero-order chi connectivity index (χ0) is 16.3. The molecule has 0 aliphatic carbocycles. The van der Waals surface area contributed by atoms with Gasteiger partial charge in [0.15, 0.2) is 0 Å². The Labute approximate surface area is 138 Å². The Morgan fingerprint density at radius 2 is 1.05 bits per heavy atom. The summed E-state index contributed by atoms with van der Waals surface area (Å²) in [5.41, 5.74) is -3.16. The second kappa shape index (κ2) is 8.46. The first-order valence-corrected chi connectivity index (χ1v) is 5.08. The molecule has 0 heterocycles. The first-order chi connectivity index (χ1) is 7.97. The molecule has 1 unspecified atom stereocenters. The number of rotatable bonds is 1. The quantitative estimate of drug-likeness (QED) is 0.161. The minimum absolute atomic E-state index is 0. The molecule has 0 saturated heterocycles. The van der Waals surface area contributed by atoms with Crippen molar-refractivity contribution >= 4 is 22.6 Å². The van der Waals surface area contributed by atoms with Crippen molar-refractivity contribution in [2.45, 2.75) is 31.1 Å². The van der Waals surface area contributed by atoms with Crippen molar-refractivity contribution in [3.8, 4) is 0 Å². The third kappa shape index (κ3) is 9.71. The first kappa shape index (κ1) is 25.8. The fourth-order valence-corrected chi connectivity index (χ4v) is 0.576. The van der Waals surface area contributed by atoms with Gasteiger partial charge in [-0.15, -0.1) is 0 Å². The molecule has 13 heteroatoms. The predicted octanol–water partition coefficient (Wildman–Crippen LogP) is 5.48. The van der Waals surface area contributed by atoms with Gasteiger partial charge < -0.3 is 27.0 Å². The van der Waals surface area contributed by atoms with Gasteiger partial charge in [0.05, 0.1) is 5.67 Å². The minimum Gasteiger partial charge on any atom is -0.438 e. The molecule has 0 bridgehead atoms. The second-order valence-electron chi connectivity index (χ2n) is 2.99. The van der Waals surface area contributed by atoms with Crippen LogP contribution in [0.1, 0.15) is 6.92 Å². The smallest absolute Gasteiger partial charge is 0.395 e. The van der Waals surface area contributed by atoms with Gasteiger partial charge >= 0.3 is 18.5 Å². The molecule has 0 nitrogen and oxygen atoms in total. The van der Waals surface area contributed by atoms with E-state index in [2.05, 4.69) is 0 Å². The van der Waals surface area contributed by atoms with E-state index in [1.807, 2.05) is 0 Å². The summed E-state index contributed by atoms with van der Waals surface area (Å²) < 4.78 is 123. The van der Waals surface area contributed by atoms with E-state index in [0.717, 1.165) is 0 Å². The first-order valence-electron chi connectivity index (χ1n) is 3.84. The van der Waals surface area contributed by atoms with E-state index < -0.39 is 30.4 Å². The fraction of sp³-hybridized carbons (Fsp3) is 0.714. The molecule has 122 valence electrons. The van der Waals surface area contributed by atoms with Crippen LogP contribution in [0.3, 0.4) is 0 Å². The molecule has 1 atom stereocenters. The van der Waals surface area contributed by atoms with E-state index in [1.54, 1.807) is 0 Å². The minimum atomic E-state index is -5.93. The molecule has 0 fully saturated rings. The van der Waals surface area contributed by atoms with E-state index >= 15 is 0 Å². The van der Waals surface area contributed by atoms with Gasteiger partial charge in [-0.25, -0.2) is 30.8 Å². The zero-order valence-corrected chi connectivity index (χ0v) is 14.9. The molecule has 0 aromatic carbocycles. The Hall–Kier alpha value is 0.830. The number of hydrogen-bond donors (Lipinski definition) is 0. The molecule has 0 saturated carbocycles. The van der Waals surface area contributed by atoms with Crippen molar-refractivity contribution in [2.75, 3.05) is 0 Å². The van der Waals surface area contributed by atoms with Crippen molar-refractivity contribution in [3.63, 3.8) is 0 Å². The maximum atomic E-state index is 12.1. The number of alkyl halides is 10. The second-order valence-corrected chi connectivity index (χ2v) is 3.61. The molecule has 0 amide bonds. The van der Waals surface area contributed by atoms with Gasteiger partial charge in [0.2, 0.25) is 0 Å². The summed E-state index contributed by atoms with van der Waals surface area (Å²) in [4.78, 5) is 0. The summed E-state index contributed by atoms with van der Waals surface area (Å²) >= 11 is 1.24. The molecular weight excluding hydrogens is 598 g/mol. The molecular formula is C7H4F11HfI-2. The van der Waals surface area contributed by atoms with Gasteiger partial charge in [-0.3, -0.25) is 4.39 Å². The van der Waals surface area contributed by atoms with Crippen LogP contribution < -0.4 is 0 Å². The zero-order valence-electron chi connectivity index (χ0n) is 9.11. The Kier molecular flexibility index (Phi) is 10.9. The van der Waals surface area contributed by atoms with Crippen molar-refractivity contribution < 1.29 is 74.1 Å². The van der Waals surface area contributed by atoms with E-state index in [9.17, 15) is 48.3 Å². The van der Waals surface area contributed by atoms with E-state index in [-0.39, 0.29) is 25.8 Å². The van der Waals surface area contributed by atoms with Crippen molar-refractivity contribution in [2.24, 2.45) is 0 Å². The largest absolute Gasteiger partial charge is 0.438 e. The molecule has 0 N–H and O–H groups in total. The fourth-order valence-electron chi connectivity index (χ4n) is 0.223. The Morgan fingerprint density at radius 1 is 0.800 bits per heavy atom.